The molecule has 1 aromatic heterocycles. The number of nitrogens with zero attached hydrogens (tertiary/aromatic N) is 2. The second kappa shape index (κ2) is 5.35. The van der Waals surface area contributed by atoms with Gasteiger partial charge in [-0.3, -0.25) is 9.48 Å². The SMILES string of the molecule is COc1ccc(C)cc1-c1nn(C(C)C2CC2)cc1C=O. The van der Waals surface area contributed by atoms with Crippen LogP contribution in [0.15, 0.2) is 24.4 Å². The number of hydrogen-bond acceptors (Lipinski definition) is 3. The number of aldehydes is 1. The van der Waals surface area contributed by atoms with Crippen molar-refractivity contribution in [2.75, 3.05) is 7.11 Å². The Morgan fingerprint density at radius 3 is 2.81 bits per heavy atom. The van der Waals surface area contributed by atoms with Crippen LogP contribution < -0.4 is 4.74 Å². The summed E-state index contributed by atoms with van der Waals surface area (Å²) in [5, 5.41) is 4.67. The van der Waals surface area contributed by atoms with Gasteiger partial charge in [-0.1, -0.05) is 11.6 Å². The number of carbonyl (C=O) groups excluding carboxylic acids is 1. The van der Waals surface area contributed by atoms with Gasteiger partial charge in [0.1, 0.15) is 11.4 Å². The van der Waals surface area contributed by atoms with Gasteiger partial charge in [-0.25, -0.2) is 0 Å². The van der Waals surface area contributed by atoms with Crippen LogP contribution in [0.3, 0.4) is 0 Å². The van der Waals surface area contributed by atoms with Crippen LogP contribution in [0.4, 0.5) is 0 Å². The number of hydrogen-bond donors (Lipinski definition) is 0. The fraction of sp³-hybridized carbons (Fsp3) is 0.412. The van der Waals surface area contributed by atoms with E-state index in [0.717, 1.165) is 23.2 Å². The van der Waals surface area contributed by atoms with Crippen molar-refractivity contribution in [3.05, 3.63) is 35.5 Å². The highest BCUT2D eigenvalue weighted by atomic mass is 16.5. The summed E-state index contributed by atoms with van der Waals surface area (Å²) in [6.45, 7) is 4.18. The number of rotatable bonds is 5. The molecule has 0 bridgehead atoms. The van der Waals surface area contributed by atoms with Gasteiger partial charge in [0.25, 0.3) is 0 Å². The maximum Gasteiger partial charge on any atom is 0.153 e. The van der Waals surface area contributed by atoms with E-state index in [2.05, 4.69) is 12.0 Å². The fourth-order valence-corrected chi connectivity index (χ4v) is 2.71. The minimum atomic E-state index is 0.341. The summed E-state index contributed by atoms with van der Waals surface area (Å²) < 4.78 is 7.35. The molecule has 2 aromatic rings. The van der Waals surface area contributed by atoms with E-state index in [1.807, 2.05) is 36.0 Å². The molecule has 0 saturated heterocycles. The van der Waals surface area contributed by atoms with E-state index in [-0.39, 0.29) is 0 Å². The molecule has 1 fully saturated rings. The number of carbonyl (C=O) groups is 1. The molecule has 1 aliphatic rings. The van der Waals surface area contributed by atoms with Gasteiger partial charge < -0.3 is 4.74 Å². The molecule has 1 saturated carbocycles. The lowest BCUT2D eigenvalue weighted by atomic mass is 10.1. The van der Waals surface area contributed by atoms with Crippen LogP contribution in [0.25, 0.3) is 11.3 Å². The largest absolute Gasteiger partial charge is 0.496 e. The molecule has 0 aliphatic heterocycles. The van der Waals surface area contributed by atoms with Gasteiger partial charge in [-0.05, 0) is 44.7 Å². The van der Waals surface area contributed by atoms with E-state index in [1.165, 1.54) is 12.8 Å². The fourth-order valence-electron chi connectivity index (χ4n) is 2.71. The minimum Gasteiger partial charge on any atom is -0.496 e. The van der Waals surface area contributed by atoms with Gasteiger partial charge in [0, 0.05) is 11.8 Å². The first kappa shape index (κ1) is 13.9. The lowest BCUT2D eigenvalue weighted by Gasteiger charge is -2.11. The first-order valence-electron chi connectivity index (χ1n) is 7.33. The van der Waals surface area contributed by atoms with E-state index in [9.17, 15) is 4.79 Å². The molecule has 0 N–H and O–H groups in total. The van der Waals surface area contributed by atoms with E-state index < -0.39 is 0 Å². The monoisotopic (exact) mass is 284 g/mol. The van der Waals surface area contributed by atoms with Crippen molar-refractivity contribution in [1.29, 1.82) is 0 Å². The zero-order chi connectivity index (χ0) is 15.0. The Balaban J connectivity index is 2.08. The van der Waals surface area contributed by atoms with Gasteiger partial charge in [-0.15, -0.1) is 0 Å². The Bertz CT molecular complexity index is 671. The van der Waals surface area contributed by atoms with Crippen LogP contribution in [0.2, 0.25) is 0 Å². The van der Waals surface area contributed by atoms with Crippen molar-refractivity contribution in [3.8, 4) is 17.0 Å². The highest BCUT2D eigenvalue weighted by molar-refractivity contribution is 5.87. The zero-order valence-electron chi connectivity index (χ0n) is 12.7. The van der Waals surface area contributed by atoms with Crippen LogP contribution >= 0.6 is 0 Å². The number of benzene rings is 1. The average Bonchev–Trinajstić information content (AvgIpc) is 3.25. The Kier molecular flexibility index (Phi) is 3.53. The summed E-state index contributed by atoms with van der Waals surface area (Å²) in [4.78, 5) is 11.4. The molecular weight excluding hydrogens is 264 g/mol. The van der Waals surface area contributed by atoms with Crippen molar-refractivity contribution in [1.82, 2.24) is 9.78 Å². The second-order valence-electron chi connectivity index (χ2n) is 5.81. The molecule has 21 heavy (non-hydrogen) atoms. The van der Waals surface area contributed by atoms with E-state index in [0.29, 0.717) is 23.2 Å². The molecule has 1 aromatic carbocycles. The maximum atomic E-state index is 11.4. The van der Waals surface area contributed by atoms with E-state index in [4.69, 9.17) is 4.74 Å². The van der Waals surface area contributed by atoms with Crippen molar-refractivity contribution in [2.24, 2.45) is 5.92 Å². The standard InChI is InChI=1S/C17H20N2O2/c1-11-4-7-16(21-3)15(8-11)17-14(10-20)9-19(18-17)12(2)13-5-6-13/h4,7-10,12-13H,5-6H2,1-3H3. The normalized spacial score (nSPS) is 15.8. The van der Waals surface area contributed by atoms with Crippen molar-refractivity contribution >= 4 is 6.29 Å². The van der Waals surface area contributed by atoms with Crippen molar-refractivity contribution in [3.63, 3.8) is 0 Å². The lowest BCUT2D eigenvalue weighted by Crippen LogP contribution is -2.07. The Hall–Kier alpha value is -2.10. The molecule has 0 spiro atoms. The molecule has 1 heterocycles. The predicted octanol–water partition coefficient (Wildman–Crippen LogP) is 3.65. The molecule has 4 heteroatoms. The van der Waals surface area contributed by atoms with Crippen LogP contribution in [0.1, 0.15) is 41.7 Å². The second-order valence-corrected chi connectivity index (χ2v) is 5.81. The number of methoxy groups -OCH3 is 1. The van der Waals surface area contributed by atoms with Gasteiger partial charge in [0.05, 0.1) is 18.7 Å². The smallest absolute Gasteiger partial charge is 0.153 e. The highest BCUT2D eigenvalue weighted by Crippen LogP contribution is 2.40. The third kappa shape index (κ3) is 2.58. The molecule has 3 rings (SSSR count). The quantitative estimate of drug-likeness (QED) is 0.787. The third-order valence-corrected chi connectivity index (χ3v) is 4.22. The minimum absolute atomic E-state index is 0.341. The topological polar surface area (TPSA) is 44.1 Å². The number of aromatic nitrogens is 2. The van der Waals surface area contributed by atoms with Crippen LogP contribution in [-0.2, 0) is 0 Å². The molecule has 1 atom stereocenters. The van der Waals surface area contributed by atoms with Gasteiger partial charge in [-0.2, -0.15) is 5.10 Å². The van der Waals surface area contributed by atoms with Crippen LogP contribution in [-0.4, -0.2) is 23.2 Å². The molecule has 0 radical (unpaired) electrons. The summed E-state index contributed by atoms with van der Waals surface area (Å²) in [5.41, 5.74) is 3.32. The summed E-state index contributed by atoms with van der Waals surface area (Å²) >= 11 is 0. The number of aryl methyl sites for hydroxylation is 1. The Labute approximate surface area is 124 Å². The Morgan fingerprint density at radius 1 is 1.43 bits per heavy atom. The average molecular weight is 284 g/mol. The van der Waals surface area contributed by atoms with Gasteiger partial charge in [0.2, 0.25) is 0 Å². The first-order valence-corrected chi connectivity index (χ1v) is 7.33. The predicted molar refractivity (Wildman–Crippen MR) is 81.8 cm³/mol. The summed E-state index contributed by atoms with van der Waals surface area (Å²) in [6.07, 6.45) is 5.23. The highest BCUT2D eigenvalue weighted by Gasteiger charge is 2.30. The lowest BCUT2D eigenvalue weighted by molar-refractivity contribution is 0.112. The molecule has 0 amide bonds. The Morgan fingerprint density at radius 2 is 2.19 bits per heavy atom. The third-order valence-electron chi connectivity index (χ3n) is 4.22. The van der Waals surface area contributed by atoms with Gasteiger partial charge >= 0.3 is 0 Å². The molecule has 110 valence electrons. The molecular formula is C17H20N2O2. The van der Waals surface area contributed by atoms with E-state index >= 15 is 0 Å². The molecule has 1 unspecified atom stereocenters. The number of ether oxygens (including phenoxy) is 1. The first-order chi connectivity index (χ1) is 10.1. The maximum absolute atomic E-state index is 11.4. The van der Waals surface area contributed by atoms with Gasteiger partial charge in [0.15, 0.2) is 6.29 Å². The van der Waals surface area contributed by atoms with Crippen LogP contribution in [0.5, 0.6) is 5.75 Å². The summed E-state index contributed by atoms with van der Waals surface area (Å²) in [7, 11) is 1.64. The molecule has 4 nitrogen and oxygen atoms in total. The van der Waals surface area contributed by atoms with E-state index in [1.54, 1.807) is 7.11 Å². The van der Waals surface area contributed by atoms with Crippen molar-refractivity contribution < 1.29 is 9.53 Å². The zero-order valence-corrected chi connectivity index (χ0v) is 12.7. The molecule has 1 aliphatic carbocycles. The van der Waals surface area contributed by atoms with Crippen molar-refractivity contribution in [2.45, 2.75) is 32.7 Å². The summed E-state index contributed by atoms with van der Waals surface area (Å²) in [5.74, 6) is 1.43. The van der Waals surface area contributed by atoms with Crippen LogP contribution in [0, 0.1) is 12.8 Å². The summed E-state index contributed by atoms with van der Waals surface area (Å²) in [6, 6.07) is 6.27.